The summed E-state index contributed by atoms with van der Waals surface area (Å²) in [6.07, 6.45) is 0.00171. The maximum atomic E-state index is 10.9. The number of rotatable bonds is 2. The number of hydrogen-bond donors (Lipinski definition) is 2. The van der Waals surface area contributed by atoms with E-state index in [1.165, 1.54) is 4.90 Å². The molecule has 1 fully saturated rings. The van der Waals surface area contributed by atoms with Crippen molar-refractivity contribution < 1.29 is 9.90 Å². The summed E-state index contributed by atoms with van der Waals surface area (Å²) >= 11 is 0. The van der Waals surface area contributed by atoms with Crippen LogP contribution in [-0.2, 0) is 0 Å². The molecule has 0 aliphatic carbocycles. The SMILES string of the molecule is CN(C(=O)O)[C@@H]1CCN(c2ccc(N)cc2)C1. The second-order valence-electron chi connectivity index (χ2n) is 4.37. The van der Waals surface area contributed by atoms with Crippen LogP contribution in [0.3, 0.4) is 0 Å². The van der Waals surface area contributed by atoms with Gasteiger partial charge in [-0.1, -0.05) is 0 Å². The molecule has 1 aromatic carbocycles. The van der Waals surface area contributed by atoms with Gasteiger partial charge in [0.1, 0.15) is 0 Å². The number of anilines is 2. The van der Waals surface area contributed by atoms with Crippen LogP contribution < -0.4 is 10.6 Å². The molecule has 0 aromatic heterocycles. The average molecular weight is 235 g/mol. The third-order valence-electron chi connectivity index (χ3n) is 3.27. The number of amides is 1. The molecule has 5 heteroatoms. The zero-order valence-electron chi connectivity index (χ0n) is 9.84. The van der Waals surface area contributed by atoms with E-state index in [1.807, 2.05) is 24.3 Å². The number of nitrogens with zero attached hydrogens (tertiary/aromatic N) is 2. The zero-order chi connectivity index (χ0) is 12.4. The maximum absolute atomic E-state index is 10.9. The smallest absolute Gasteiger partial charge is 0.407 e. The fourth-order valence-electron chi connectivity index (χ4n) is 2.13. The van der Waals surface area contributed by atoms with E-state index in [1.54, 1.807) is 7.05 Å². The van der Waals surface area contributed by atoms with Gasteiger partial charge in [0.2, 0.25) is 0 Å². The van der Waals surface area contributed by atoms with Gasteiger partial charge >= 0.3 is 6.09 Å². The highest BCUT2D eigenvalue weighted by atomic mass is 16.4. The Morgan fingerprint density at radius 1 is 1.47 bits per heavy atom. The van der Waals surface area contributed by atoms with Crippen molar-refractivity contribution in [2.45, 2.75) is 12.5 Å². The van der Waals surface area contributed by atoms with Crippen LogP contribution in [0.25, 0.3) is 0 Å². The standard InChI is InChI=1S/C12H17N3O2/c1-14(12(16)17)11-6-7-15(8-11)10-4-2-9(13)3-5-10/h2-5,11H,6-8,13H2,1H3,(H,16,17)/t11-/m1/s1. The molecule has 92 valence electrons. The molecule has 0 radical (unpaired) electrons. The normalized spacial score (nSPS) is 19.4. The topological polar surface area (TPSA) is 69.8 Å². The summed E-state index contributed by atoms with van der Waals surface area (Å²) in [5, 5.41) is 8.93. The van der Waals surface area contributed by atoms with Crippen LogP contribution in [0.15, 0.2) is 24.3 Å². The van der Waals surface area contributed by atoms with Gasteiger partial charge in [0.25, 0.3) is 0 Å². The molecular weight excluding hydrogens is 218 g/mol. The predicted octanol–water partition coefficient (Wildman–Crippen LogP) is 1.46. The van der Waals surface area contributed by atoms with Gasteiger partial charge in [-0.2, -0.15) is 0 Å². The molecule has 2 rings (SSSR count). The molecule has 1 saturated heterocycles. The van der Waals surface area contributed by atoms with E-state index in [2.05, 4.69) is 4.90 Å². The molecule has 0 bridgehead atoms. The van der Waals surface area contributed by atoms with Crippen molar-refractivity contribution in [1.82, 2.24) is 4.90 Å². The zero-order valence-corrected chi connectivity index (χ0v) is 9.84. The van der Waals surface area contributed by atoms with E-state index < -0.39 is 6.09 Å². The lowest BCUT2D eigenvalue weighted by atomic mass is 10.2. The first-order valence-electron chi connectivity index (χ1n) is 5.64. The van der Waals surface area contributed by atoms with Crippen molar-refractivity contribution in [1.29, 1.82) is 0 Å². The highest BCUT2D eigenvalue weighted by Gasteiger charge is 2.28. The van der Waals surface area contributed by atoms with Crippen LogP contribution in [0.2, 0.25) is 0 Å². The molecule has 0 saturated carbocycles. The largest absolute Gasteiger partial charge is 0.465 e. The summed E-state index contributed by atoms with van der Waals surface area (Å²) in [6.45, 7) is 1.62. The minimum absolute atomic E-state index is 0.0741. The van der Waals surface area contributed by atoms with Crippen LogP contribution in [0.5, 0.6) is 0 Å². The van der Waals surface area contributed by atoms with Crippen LogP contribution in [0, 0.1) is 0 Å². The van der Waals surface area contributed by atoms with Gasteiger partial charge in [-0.3, -0.25) is 0 Å². The molecule has 1 amide bonds. The molecule has 1 atom stereocenters. The fraction of sp³-hybridized carbons (Fsp3) is 0.417. The van der Waals surface area contributed by atoms with E-state index in [0.717, 1.165) is 30.9 Å². The molecule has 1 aromatic rings. The Labute approximate surface area is 100 Å². The first-order chi connectivity index (χ1) is 8.08. The molecule has 1 aliphatic rings. The van der Waals surface area contributed by atoms with Gasteiger partial charge in [-0.05, 0) is 30.7 Å². The van der Waals surface area contributed by atoms with Crippen molar-refractivity contribution in [3.63, 3.8) is 0 Å². The highest BCUT2D eigenvalue weighted by Crippen LogP contribution is 2.23. The predicted molar refractivity (Wildman–Crippen MR) is 67.3 cm³/mol. The second-order valence-corrected chi connectivity index (χ2v) is 4.37. The number of carboxylic acid groups (broad SMARTS) is 1. The highest BCUT2D eigenvalue weighted by molar-refractivity contribution is 5.65. The van der Waals surface area contributed by atoms with Crippen LogP contribution in [0.1, 0.15) is 6.42 Å². The van der Waals surface area contributed by atoms with Gasteiger partial charge in [-0.15, -0.1) is 0 Å². The number of nitrogens with two attached hydrogens (primary N) is 1. The van der Waals surface area contributed by atoms with Gasteiger partial charge < -0.3 is 20.6 Å². The number of nitrogen functional groups attached to an aromatic ring is 1. The summed E-state index contributed by atoms with van der Waals surface area (Å²) in [7, 11) is 1.62. The Morgan fingerprint density at radius 3 is 2.71 bits per heavy atom. The van der Waals surface area contributed by atoms with Gasteiger partial charge in [0.05, 0.1) is 6.04 Å². The van der Waals surface area contributed by atoms with Gasteiger partial charge in [0.15, 0.2) is 0 Å². The summed E-state index contributed by atoms with van der Waals surface area (Å²) in [6, 6.07) is 7.74. The monoisotopic (exact) mass is 235 g/mol. The molecule has 1 aliphatic heterocycles. The Balaban J connectivity index is 2.02. The van der Waals surface area contributed by atoms with Crippen LogP contribution in [-0.4, -0.2) is 42.3 Å². The van der Waals surface area contributed by atoms with Crippen LogP contribution in [0.4, 0.5) is 16.2 Å². The van der Waals surface area contributed by atoms with Crippen LogP contribution >= 0.6 is 0 Å². The Kier molecular flexibility index (Phi) is 3.08. The van der Waals surface area contributed by atoms with Crippen molar-refractivity contribution in [2.75, 3.05) is 30.8 Å². The molecule has 1 heterocycles. The quantitative estimate of drug-likeness (QED) is 0.761. The number of hydrogen-bond acceptors (Lipinski definition) is 3. The average Bonchev–Trinajstić information content (AvgIpc) is 2.78. The number of carbonyl (C=O) groups is 1. The van der Waals surface area contributed by atoms with Crippen molar-refractivity contribution in [3.8, 4) is 0 Å². The summed E-state index contributed by atoms with van der Waals surface area (Å²) in [4.78, 5) is 14.4. The number of benzene rings is 1. The molecular formula is C12H17N3O2. The Hall–Kier alpha value is -1.91. The summed E-state index contributed by atoms with van der Waals surface area (Å²) in [5.41, 5.74) is 7.48. The lowest BCUT2D eigenvalue weighted by Gasteiger charge is -2.23. The molecule has 17 heavy (non-hydrogen) atoms. The molecule has 0 unspecified atom stereocenters. The molecule has 3 N–H and O–H groups in total. The second kappa shape index (κ2) is 4.53. The van der Waals surface area contributed by atoms with Gasteiger partial charge in [-0.25, -0.2) is 4.79 Å². The van der Waals surface area contributed by atoms with E-state index in [4.69, 9.17) is 10.8 Å². The molecule has 0 spiro atoms. The van der Waals surface area contributed by atoms with E-state index in [-0.39, 0.29) is 6.04 Å². The first kappa shape index (κ1) is 11.6. The fourth-order valence-corrected chi connectivity index (χ4v) is 2.13. The van der Waals surface area contributed by atoms with E-state index in [0.29, 0.717) is 0 Å². The third-order valence-corrected chi connectivity index (χ3v) is 3.27. The van der Waals surface area contributed by atoms with Gasteiger partial charge in [0, 0.05) is 31.5 Å². The summed E-state index contributed by atoms with van der Waals surface area (Å²) < 4.78 is 0. The van der Waals surface area contributed by atoms with Crippen molar-refractivity contribution >= 4 is 17.5 Å². The minimum atomic E-state index is -0.867. The first-order valence-corrected chi connectivity index (χ1v) is 5.64. The lowest BCUT2D eigenvalue weighted by Crippen LogP contribution is -2.38. The van der Waals surface area contributed by atoms with Crippen molar-refractivity contribution in [3.05, 3.63) is 24.3 Å². The van der Waals surface area contributed by atoms with E-state index in [9.17, 15) is 4.79 Å². The summed E-state index contributed by atoms with van der Waals surface area (Å²) in [5.74, 6) is 0. The molecule has 5 nitrogen and oxygen atoms in total. The Bertz CT molecular complexity index is 405. The van der Waals surface area contributed by atoms with E-state index >= 15 is 0 Å². The Morgan fingerprint density at radius 2 is 2.12 bits per heavy atom. The van der Waals surface area contributed by atoms with Crippen molar-refractivity contribution in [2.24, 2.45) is 0 Å². The maximum Gasteiger partial charge on any atom is 0.407 e. The lowest BCUT2D eigenvalue weighted by molar-refractivity contribution is 0.142. The number of likely N-dealkylation sites (N-methyl/N-ethyl adjacent to an activating group) is 1. The third kappa shape index (κ3) is 2.43. The minimum Gasteiger partial charge on any atom is -0.465 e.